The summed E-state index contributed by atoms with van der Waals surface area (Å²) in [5.41, 5.74) is 3.12. The first-order chi connectivity index (χ1) is 12.7. The molecule has 8 heteroatoms. The van der Waals surface area contributed by atoms with Crippen molar-refractivity contribution < 1.29 is 14.4 Å². The zero-order valence-corrected chi connectivity index (χ0v) is 14.8. The molecule has 138 valence electrons. The van der Waals surface area contributed by atoms with Crippen molar-refractivity contribution >= 4 is 17.7 Å². The Morgan fingerprint density at radius 2 is 2.19 bits per heavy atom. The van der Waals surface area contributed by atoms with Crippen LogP contribution in [0.25, 0.3) is 0 Å². The highest BCUT2D eigenvalue weighted by Crippen LogP contribution is 2.38. The van der Waals surface area contributed by atoms with Crippen molar-refractivity contribution in [1.29, 1.82) is 0 Å². The van der Waals surface area contributed by atoms with Gasteiger partial charge in [0.05, 0.1) is 24.9 Å². The third-order valence-electron chi connectivity index (χ3n) is 3.53. The summed E-state index contributed by atoms with van der Waals surface area (Å²) in [6.07, 6.45) is 5.97. The number of methoxy groups -OCH3 is 1. The second-order valence-corrected chi connectivity index (χ2v) is 5.47. The topological polar surface area (TPSA) is 98.9 Å². The number of nitrogens with zero attached hydrogens (tertiary/aromatic N) is 3. The molecule has 1 aromatic heterocycles. The molecule has 2 aromatic rings. The van der Waals surface area contributed by atoms with Gasteiger partial charge in [-0.15, -0.1) is 0 Å². The summed E-state index contributed by atoms with van der Waals surface area (Å²) in [5.74, 6) is 1.01. The maximum Gasteiger partial charge on any atom is 0.315 e. The summed E-state index contributed by atoms with van der Waals surface area (Å²) >= 11 is 0. The lowest BCUT2D eigenvalue weighted by Crippen LogP contribution is -2.04. The smallest absolute Gasteiger partial charge is 0.315 e. The first-order valence-corrected chi connectivity index (χ1v) is 8.35. The minimum Gasteiger partial charge on any atom is -0.493 e. The molecule has 1 N–H and O–H groups in total. The minimum absolute atomic E-state index is 0.142. The van der Waals surface area contributed by atoms with E-state index in [2.05, 4.69) is 22.4 Å². The standard InChI is InChI=1S/C18H22N4O4/c1-3-4-7-10-26-18-15(22(23)24)11-14(12-16(18)25-2)13-20-21-17-8-5-6-9-19-17/h5-6,8-9,11-13H,3-4,7,10H2,1-2H3,(H,19,21)/b20-13+. The van der Waals surface area contributed by atoms with Crippen LogP contribution in [0.1, 0.15) is 31.7 Å². The average Bonchev–Trinajstić information content (AvgIpc) is 2.66. The molecule has 0 aliphatic carbocycles. The molecule has 0 atom stereocenters. The summed E-state index contributed by atoms with van der Waals surface area (Å²) in [6, 6.07) is 8.42. The number of hydrogen-bond donors (Lipinski definition) is 1. The van der Waals surface area contributed by atoms with E-state index in [-0.39, 0.29) is 11.4 Å². The summed E-state index contributed by atoms with van der Waals surface area (Å²) in [4.78, 5) is 15.0. The molecule has 0 unspecified atom stereocenters. The van der Waals surface area contributed by atoms with Crippen molar-refractivity contribution in [2.24, 2.45) is 5.10 Å². The van der Waals surface area contributed by atoms with Crippen LogP contribution in [-0.4, -0.2) is 29.8 Å². The number of nitro groups is 1. The fraction of sp³-hybridized carbons (Fsp3) is 0.333. The molecule has 0 aliphatic rings. The van der Waals surface area contributed by atoms with E-state index in [0.717, 1.165) is 19.3 Å². The number of ether oxygens (including phenoxy) is 2. The average molecular weight is 358 g/mol. The van der Waals surface area contributed by atoms with Crippen LogP contribution in [-0.2, 0) is 0 Å². The predicted molar refractivity (Wildman–Crippen MR) is 100 cm³/mol. The minimum atomic E-state index is -0.485. The van der Waals surface area contributed by atoms with Crippen LogP contribution in [0.2, 0.25) is 0 Å². The van der Waals surface area contributed by atoms with Gasteiger partial charge in [-0.05, 0) is 24.6 Å². The van der Waals surface area contributed by atoms with E-state index in [0.29, 0.717) is 23.7 Å². The summed E-state index contributed by atoms with van der Waals surface area (Å²) in [6.45, 7) is 2.48. The van der Waals surface area contributed by atoms with E-state index in [9.17, 15) is 10.1 Å². The third kappa shape index (κ3) is 5.44. The highest BCUT2D eigenvalue weighted by molar-refractivity contribution is 5.83. The van der Waals surface area contributed by atoms with Crippen molar-refractivity contribution in [3.05, 3.63) is 52.2 Å². The van der Waals surface area contributed by atoms with E-state index in [1.54, 1.807) is 24.4 Å². The molecular formula is C18H22N4O4. The van der Waals surface area contributed by atoms with Gasteiger partial charge < -0.3 is 9.47 Å². The number of hydrazone groups is 1. The van der Waals surface area contributed by atoms with Crippen LogP contribution < -0.4 is 14.9 Å². The van der Waals surface area contributed by atoms with Crippen molar-refractivity contribution in [2.45, 2.75) is 26.2 Å². The summed E-state index contributed by atoms with van der Waals surface area (Å²) in [5, 5.41) is 15.5. The van der Waals surface area contributed by atoms with Crippen LogP contribution in [0.3, 0.4) is 0 Å². The molecule has 1 heterocycles. The first-order valence-electron chi connectivity index (χ1n) is 8.35. The van der Waals surface area contributed by atoms with Gasteiger partial charge in [0.15, 0.2) is 5.75 Å². The normalized spacial score (nSPS) is 10.7. The zero-order valence-electron chi connectivity index (χ0n) is 14.8. The fourth-order valence-corrected chi connectivity index (χ4v) is 2.24. The van der Waals surface area contributed by atoms with Crippen LogP contribution >= 0.6 is 0 Å². The van der Waals surface area contributed by atoms with Gasteiger partial charge in [-0.1, -0.05) is 25.8 Å². The van der Waals surface area contributed by atoms with Gasteiger partial charge >= 0.3 is 5.69 Å². The number of pyridine rings is 1. The quantitative estimate of drug-likeness (QED) is 0.298. The van der Waals surface area contributed by atoms with Gasteiger partial charge in [0.1, 0.15) is 5.82 Å². The Hall–Kier alpha value is -3.16. The van der Waals surface area contributed by atoms with E-state index in [4.69, 9.17) is 9.47 Å². The molecule has 0 bridgehead atoms. The van der Waals surface area contributed by atoms with Crippen LogP contribution in [0.15, 0.2) is 41.6 Å². The first kappa shape index (κ1) is 19.2. The number of rotatable bonds is 10. The lowest BCUT2D eigenvalue weighted by molar-refractivity contribution is -0.386. The van der Waals surface area contributed by atoms with E-state index < -0.39 is 4.92 Å². The van der Waals surface area contributed by atoms with E-state index in [1.165, 1.54) is 19.4 Å². The summed E-state index contributed by atoms with van der Waals surface area (Å²) < 4.78 is 10.9. The summed E-state index contributed by atoms with van der Waals surface area (Å²) in [7, 11) is 1.45. The van der Waals surface area contributed by atoms with Gasteiger partial charge in [0.2, 0.25) is 5.75 Å². The Morgan fingerprint density at radius 1 is 1.35 bits per heavy atom. The van der Waals surface area contributed by atoms with Gasteiger partial charge in [-0.2, -0.15) is 5.10 Å². The molecule has 0 saturated heterocycles. The second kappa shape index (κ2) is 9.97. The second-order valence-electron chi connectivity index (χ2n) is 5.47. The van der Waals surface area contributed by atoms with Gasteiger partial charge in [0.25, 0.3) is 0 Å². The van der Waals surface area contributed by atoms with Crippen LogP contribution in [0.4, 0.5) is 11.5 Å². The molecule has 26 heavy (non-hydrogen) atoms. The molecule has 0 amide bonds. The number of nitro benzene ring substituents is 1. The van der Waals surface area contributed by atoms with E-state index >= 15 is 0 Å². The largest absolute Gasteiger partial charge is 0.493 e. The highest BCUT2D eigenvalue weighted by atomic mass is 16.6. The molecule has 2 rings (SSSR count). The molecule has 1 aromatic carbocycles. The highest BCUT2D eigenvalue weighted by Gasteiger charge is 2.22. The van der Waals surface area contributed by atoms with Gasteiger partial charge in [-0.3, -0.25) is 15.5 Å². The number of unbranched alkanes of at least 4 members (excludes halogenated alkanes) is 2. The Kier molecular flexibility index (Phi) is 7.35. The van der Waals surface area contributed by atoms with Crippen LogP contribution in [0, 0.1) is 10.1 Å². The SMILES string of the molecule is CCCCCOc1c(OC)cc(/C=N/Nc2ccccn2)cc1[N+](=O)[O-]. The van der Waals surface area contributed by atoms with Crippen molar-refractivity contribution in [1.82, 2.24) is 4.98 Å². The molecule has 0 radical (unpaired) electrons. The van der Waals surface area contributed by atoms with Crippen molar-refractivity contribution in [3.8, 4) is 11.5 Å². The maximum atomic E-state index is 11.4. The molecule has 0 saturated carbocycles. The predicted octanol–water partition coefficient (Wildman–Crippen LogP) is 4.01. The Morgan fingerprint density at radius 3 is 2.85 bits per heavy atom. The number of aromatic nitrogens is 1. The van der Waals surface area contributed by atoms with Gasteiger partial charge in [0, 0.05) is 17.8 Å². The lowest BCUT2D eigenvalue weighted by Gasteiger charge is -2.11. The maximum absolute atomic E-state index is 11.4. The molecular weight excluding hydrogens is 336 g/mol. The number of benzene rings is 1. The fourth-order valence-electron chi connectivity index (χ4n) is 2.24. The Bertz CT molecular complexity index is 750. The number of nitrogens with one attached hydrogen (secondary N) is 1. The Labute approximate surface area is 152 Å². The van der Waals surface area contributed by atoms with Crippen molar-refractivity contribution in [3.63, 3.8) is 0 Å². The molecule has 0 spiro atoms. The molecule has 8 nitrogen and oxygen atoms in total. The zero-order chi connectivity index (χ0) is 18.8. The van der Waals surface area contributed by atoms with Gasteiger partial charge in [-0.25, -0.2) is 4.98 Å². The van der Waals surface area contributed by atoms with Crippen molar-refractivity contribution in [2.75, 3.05) is 19.1 Å². The monoisotopic (exact) mass is 358 g/mol. The van der Waals surface area contributed by atoms with E-state index in [1.807, 2.05) is 6.07 Å². The van der Waals surface area contributed by atoms with Crippen LogP contribution in [0.5, 0.6) is 11.5 Å². The Balaban J connectivity index is 2.19. The molecule has 0 aliphatic heterocycles. The number of anilines is 1. The lowest BCUT2D eigenvalue weighted by atomic mass is 10.2. The third-order valence-corrected chi connectivity index (χ3v) is 3.53. The number of hydrogen-bond acceptors (Lipinski definition) is 7. The molecule has 0 fully saturated rings.